The Bertz CT molecular complexity index is 1330. The smallest absolute Gasteiger partial charge is 0.169 e. The quantitative estimate of drug-likeness (QED) is 0.406. The van der Waals surface area contributed by atoms with Gasteiger partial charge < -0.3 is 14.8 Å². The molecule has 0 bridgehead atoms. The second-order valence-electron chi connectivity index (χ2n) is 8.99. The van der Waals surface area contributed by atoms with Crippen LogP contribution in [0.4, 0.5) is 5.82 Å². The molecule has 0 atom stereocenters. The second kappa shape index (κ2) is 9.69. The summed E-state index contributed by atoms with van der Waals surface area (Å²) in [5, 5.41) is 4.22. The number of fused-ring (bicyclic) bond motifs is 2. The van der Waals surface area contributed by atoms with Crippen LogP contribution in [0.5, 0.6) is 0 Å². The van der Waals surface area contributed by atoms with E-state index in [1.165, 1.54) is 12.8 Å². The summed E-state index contributed by atoms with van der Waals surface area (Å²) in [6.07, 6.45) is 8.98. The molecular formula is C26H29N7O. The molecular weight excluding hydrogens is 426 g/mol. The Labute approximate surface area is 199 Å². The molecule has 0 amide bonds. The number of ketones is 1. The number of rotatable bonds is 8. The molecule has 0 saturated heterocycles. The number of nitrogens with zero attached hydrogens (tertiary/aromatic N) is 6. The zero-order chi connectivity index (χ0) is 23.5. The Balaban J connectivity index is 1.34. The van der Waals surface area contributed by atoms with E-state index in [-0.39, 0.29) is 12.2 Å². The van der Waals surface area contributed by atoms with Crippen molar-refractivity contribution in [2.45, 2.75) is 32.2 Å². The number of carbonyl (C=O) groups excluding carboxylic acids is 1. The van der Waals surface area contributed by atoms with Crippen LogP contribution in [0.25, 0.3) is 22.3 Å². The lowest BCUT2D eigenvalue weighted by atomic mass is 10.1. The molecule has 4 aromatic heterocycles. The van der Waals surface area contributed by atoms with E-state index in [0.29, 0.717) is 17.1 Å². The first-order chi connectivity index (χ1) is 16.6. The maximum atomic E-state index is 13.0. The van der Waals surface area contributed by atoms with Crippen LogP contribution in [-0.4, -0.2) is 62.4 Å². The largest absolute Gasteiger partial charge is 0.369 e. The molecule has 174 valence electrons. The van der Waals surface area contributed by atoms with E-state index in [0.717, 1.165) is 54.2 Å². The number of imidazole rings is 1. The maximum Gasteiger partial charge on any atom is 0.169 e. The minimum absolute atomic E-state index is 0.00549. The van der Waals surface area contributed by atoms with E-state index in [4.69, 9.17) is 4.98 Å². The molecule has 0 saturated carbocycles. The van der Waals surface area contributed by atoms with Crippen molar-refractivity contribution in [2.24, 2.45) is 0 Å². The minimum atomic E-state index is 0.00549. The minimum Gasteiger partial charge on any atom is -0.369 e. The molecule has 1 N–H and O–H groups in total. The van der Waals surface area contributed by atoms with Gasteiger partial charge in [-0.15, -0.1) is 0 Å². The number of anilines is 1. The van der Waals surface area contributed by atoms with Crippen molar-refractivity contribution in [1.82, 2.24) is 29.4 Å². The highest BCUT2D eigenvalue weighted by atomic mass is 16.1. The third-order valence-corrected chi connectivity index (χ3v) is 6.15. The molecule has 8 heteroatoms. The molecule has 0 radical (unpaired) electrons. The lowest BCUT2D eigenvalue weighted by molar-refractivity contribution is 0.0992. The molecule has 0 aromatic carbocycles. The van der Waals surface area contributed by atoms with Gasteiger partial charge >= 0.3 is 0 Å². The predicted octanol–water partition coefficient (Wildman–Crippen LogP) is 3.62. The normalized spacial score (nSPS) is 13.3. The van der Waals surface area contributed by atoms with Crippen LogP contribution in [0.3, 0.4) is 0 Å². The van der Waals surface area contributed by atoms with Crippen LogP contribution < -0.4 is 5.32 Å². The van der Waals surface area contributed by atoms with Gasteiger partial charge in [-0.2, -0.15) is 0 Å². The van der Waals surface area contributed by atoms with Crippen LogP contribution in [0.2, 0.25) is 0 Å². The van der Waals surface area contributed by atoms with E-state index in [9.17, 15) is 4.79 Å². The summed E-state index contributed by atoms with van der Waals surface area (Å²) < 4.78 is 2.27. The number of hydrogen-bond donors (Lipinski definition) is 1. The van der Waals surface area contributed by atoms with Crippen molar-refractivity contribution < 1.29 is 4.79 Å². The number of aryl methyl sites for hydroxylation is 1. The monoisotopic (exact) mass is 455 g/mol. The zero-order valence-corrected chi connectivity index (χ0v) is 19.7. The van der Waals surface area contributed by atoms with E-state index in [2.05, 4.69) is 29.7 Å². The van der Waals surface area contributed by atoms with E-state index in [1.807, 2.05) is 38.5 Å². The summed E-state index contributed by atoms with van der Waals surface area (Å²) in [5.41, 5.74) is 4.12. The summed E-state index contributed by atoms with van der Waals surface area (Å²) >= 11 is 0. The SMILES string of the molecule is CN(C)CCNc1cc(C(=O)Cc2cc3nc(-c4cnc5n4CCCC5)ccc3cn2)ccn1. The fraction of sp³-hybridized carbons (Fsp3) is 0.346. The third kappa shape index (κ3) is 4.82. The number of likely N-dealkylation sites (N-methyl/N-ethyl adjacent to an activating group) is 1. The summed E-state index contributed by atoms with van der Waals surface area (Å²) in [6.45, 7) is 2.63. The van der Waals surface area contributed by atoms with Crippen LogP contribution in [0, 0.1) is 0 Å². The van der Waals surface area contributed by atoms with Crippen molar-refractivity contribution in [1.29, 1.82) is 0 Å². The van der Waals surface area contributed by atoms with Gasteiger partial charge in [-0.25, -0.2) is 15.0 Å². The van der Waals surface area contributed by atoms with Crippen LogP contribution in [0.1, 0.15) is 34.7 Å². The average molecular weight is 456 g/mol. The average Bonchev–Trinajstić information content (AvgIpc) is 3.28. The number of aromatic nitrogens is 5. The third-order valence-electron chi connectivity index (χ3n) is 6.15. The van der Waals surface area contributed by atoms with Crippen molar-refractivity contribution in [3.63, 3.8) is 0 Å². The predicted molar refractivity (Wildman–Crippen MR) is 133 cm³/mol. The van der Waals surface area contributed by atoms with Crippen molar-refractivity contribution in [3.8, 4) is 11.4 Å². The van der Waals surface area contributed by atoms with Gasteiger partial charge in [-0.1, -0.05) is 0 Å². The first-order valence-corrected chi connectivity index (χ1v) is 11.7. The fourth-order valence-electron chi connectivity index (χ4n) is 4.29. The van der Waals surface area contributed by atoms with Gasteiger partial charge in [0.05, 0.1) is 35.2 Å². The molecule has 1 aliphatic heterocycles. The summed E-state index contributed by atoms with van der Waals surface area (Å²) in [6, 6.07) is 9.53. The number of carbonyl (C=O) groups is 1. The Morgan fingerprint density at radius 1 is 1.09 bits per heavy atom. The molecule has 0 spiro atoms. The Kier molecular flexibility index (Phi) is 6.31. The summed E-state index contributed by atoms with van der Waals surface area (Å²) in [4.78, 5) is 33.4. The fourth-order valence-corrected chi connectivity index (χ4v) is 4.29. The van der Waals surface area contributed by atoms with Gasteiger partial charge in [0.15, 0.2) is 5.78 Å². The lowest BCUT2D eigenvalue weighted by Gasteiger charge is -2.16. The Hall–Kier alpha value is -3.65. The van der Waals surface area contributed by atoms with Gasteiger partial charge in [0.2, 0.25) is 0 Å². The van der Waals surface area contributed by atoms with E-state index in [1.54, 1.807) is 24.5 Å². The molecule has 5 heterocycles. The van der Waals surface area contributed by atoms with Crippen LogP contribution in [-0.2, 0) is 19.4 Å². The first-order valence-electron chi connectivity index (χ1n) is 11.7. The maximum absolute atomic E-state index is 13.0. The first kappa shape index (κ1) is 22.2. The van der Waals surface area contributed by atoms with Gasteiger partial charge in [0.25, 0.3) is 0 Å². The molecule has 0 fully saturated rings. The molecule has 5 rings (SSSR count). The standard InChI is InChI=1S/C26H29N7O/c1-32(2)12-10-28-25-13-18(8-9-27-25)24(34)15-20-14-22-19(16-29-20)6-7-21(31-22)23-17-30-26-5-3-4-11-33(23)26/h6-9,13-14,16-17H,3-5,10-12,15H2,1-2H3,(H,27,28). The Morgan fingerprint density at radius 3 is 2.88 bits per heavy atom. The highest BCUT2D eigenvalue weighted by Gasteiger charge is 2.17. The molecule has 34 heavy (non-hydrogen) atoms. The highest BCUT2D eigenvalue weighted by Crippen LogP contribution is 2.26. The number of Topliss-reactive ketones (excluding diaryl/α,β-unsaturated/α-hetero) is 1. The molecule has 0 unspecified atom stereocenters. The van der Waals surface area contributed by atoms with Gasteiger partial charge in [0, 0.05) is 49.4 Å². The zero-order valence-electron chi connectivity index (χ0n) is 19.7. The molecule has 8 nitrogen and oxygen atoms in total. The second-order valence-corrected chi connectivity index (χ2v) is 8.99. The topological polar surface area (TPSA) is 88.8 Å². The van der Waals surface area contributed by atoms with Gasteiger partial charge in [0.1, 0.15) is 11.6 Å². The number of hydrogen-bond acceptors (Lipinski definition) is 7. The van der Waals surface area contributed by atoms with Crippen molar-refractivity contribution in [2.75, 3.05) is 32.5 Å². The highest BCUT2D eigenvalue weighted by molar-refractivity contribution is 5.98. The van der Waals surface area contributed by atoms with Crippen LogP contribution in [0.15, 0.2) is 48.9 Å². The van der Waals surface area contributed by atoms with Crippen molar-refractivity contribution in [3.05, 3.63) is 66.0 Å². The lowest BCUT2D eigenvalue weighted by Crippen LogP contribution is -2.21. The van der Waals surface area contributed by atoms with Crippen molar-refractivity contribution >= 4 is 22.5 Å². The van der Waals surface area contributed by atoms with E-state index < -0.39 is 0 Å². The summed E-state index contributed by atoms with van der Waals surface area (Å²) in [5.74, 6) is 1.85. The summed E-state index contributed by atoms with van der Waals surface area (Å²) in [7, 11) is 4.04. The molecule has 1 aliphatic rings. The Morgan fingerprint density at radius 2 is 2.00 bits per heavy atom. The van der Waals surface area contributed by atoms with Gasteiger partial charge in [-0.3, -0.25) is 9.78 Å². The molecule has 0 aliphatic carbocycles. The number of nitrogens with one attached hydrogen (secondary N) is 1. The molecule has 4 aromatic rings. The van der Waals surface area contributed by atoms with E-state index >= 15 is 0 Å². The van der Waals surface area contributed by atoms with Gasteiger partial charge in [-0.05, 0) is 57.3 Å². The van der Waals surface area contributed by atoms with Crippen LogP contribution >= 0.6 is 0 Å². The number of pyridine rings is 3.